The molecule has 2 aromatic rings. The van der Waals surface area contributed by atoms with E-state index in [0.29, 0.717) is 19.6 Å². The summed E-state index contributed by atoms with van der Waals surface area (Å²) in [5, 5.41) is 20.5. The summed E-state index contributed by atoms with van der Waals surface area (Å²) in [6.07, 6.45) is 0. The molecule has 0 atom stereocenters. The summed E-state index contributed by atoms with van der Waals surface area (Å²) in [4.78, 5) is 1.99. The van der Waals surface area contributed by atoms with Crippen molar-refractivity contribution in [2.24, 2.45) is 5.73 Å². The number of fused-ring (bicyclic) bond motifs is 1. The third-order valence-electron chi connectivity index (χ3n) is 3.29. The topological polar surface area (TPSA) is 69.7 Å². The minimum Gasteiger partial charge on any atom is -0.395 e. The van der Waals surface area contributed by atoms with Crippen molar-refractivity contribution in [1.82, 2.24) is 0 Å². The van der Waals surface area contributed by atoms with Crippen LogP contribution in [-0.4, -0.2) is 36.5 Å². The second-order valence-corrected chi connectivity index (χ2v) is 4.43. The van der Waals surface area contributed by atoms with E-state index in [2.05, 4.69) is 6.07 Å². The second-order valence-electron chi connectivity index (χ2n) is 4.43. The van der Waals surface area contributed by atoms with E-state index in [1.807, 2.05) is 35.2 Å². The van der Waals surface area contributed by atoms with Gasteiger partial charge in [-0.25, -0.2) is 0 Å². The molecular weight excluding hydrogens is 240 g/mol. The number of aliphatic hydroxyl groups is 2. The number of rotatable bonds is 6. The number of nitrogens with zero attached hydrogens (tertiary/aromatic N) is 1. The summed E-state index contributed by atoms with van der Waals surface area (Å²) in [7, 11) is 0. The lowest BCUT2D eigenvalue weighted by Gasteiger charge is -2.25. The summed E-state index contributed by atoms with van der Waals surface area (Å²) in [5.41, 5.74) is 7.89. The van der Waals surface area contributed by atoms with E-state index in [1.165, 1.54) is 0 Å². The van der Waals surface area contributed by atoms with Gasteiger partial charge in [-0.1, -0.05) is 30.3 Å². The SMILES string of the molecule is NCc1ccc(N(CCO)CCO)c2ccccc12. The Kier molecular flexibility index (Phi) is 4.74. The van der Waals surface area contributed by atoms with Crippen LogP contribution in [0.4, 0.5) is 5.69 Å². The normalized spacial score (nSPS) is 10.9. The summed E-state index contributed by atoms with van der Waals surface area (Å²) in [6, 6.07) is 12.1. The maximum Gasteiger partial charge on any atom is 0.0606 e. The molecule has 0 aromatic heterocycles. The molecule has 19 heavy (non-hydrogen) atoms. The zero-order chi connectivity index (χ0) is 13.7. The van der Waals surface area contributed by atoms with E-state index < -0.39 is 0 Å². The van der Waals surface area contributed by atoms with Crippen LogP contribution in [0.3, 0.4) is 0 Å². The quantitative estimate of drug-likeness (QED) is 0.727. The smallest absolute Gasteiger partial charge is 0.0606 e. The summed E-state index contributed by atoms with van der Waals surface area (Å²) >= 11 is 0. The maximum atomic E-state index is 9.15. The van der Waals surface area contributed by atoms with Gasteiger partial charge in [-0.05, 0) is 17.0 Å². The van der Waals surface area contributed by atoms with E-state index in [1.54, 1.807) is 0 Å². The molecule has 2 rings (SSSR count). The number of aliphatic hydroxyl groups excluding tert-OH is 2. The molecule has 0 aliphatic rings. The van der Waals surface area contributed by atoms with Gasteiger partial charge in [-0.3, -0.25) is 0 Å². The first-order valence-corrected chi connectivity index (χ1v) is 6.49. The molecule has 0 saturated carbocycles. The molecule has 102 valence electrons. The van der Waals surface area contributed by atoms with Crippen LogP contribution in [0.25, 0.3) is 10.8 Å². The van der Waals surface area contributed by atoms with Gasteiger partial charge >= 0.3 is 0 Å². The standard InChI is InChI=1S/C15H20N2O2/c16-11-12-5-6-15(17(7-9-18)8-10-19)14-4-2-1-3-13(12)14/h1-6,18-19H,7-11,16H2. The van der Waals surface area contributed by atoms with Gasteiger partial charge in [-0.2, -0.15) is 0 Å². The Morgan fingerprint density at radius 1 is 0.895 bits per heavy atom. The van der Waals surface area contributed by atoms with Crippen LogP contribution in [0.15, 0.2) is 36.4 Å². The van der Waals surface area contributed by atoms with Crippen LogP contribution in [0.2, 0.25) is 0 Å². The fourth-order valence-corrected chi connectivity index (χ4v) is 2.39. The largest absolute Gasteiger partial charge is 0.395 e. The van der Waals surface area contributed by atoms with E-state index in [9.17, 15) is 0 Å². The average Bonchev–Trinajstić information content (AvgIpc) is 2.46. The van der Waals surface area contributed by atoms with Crippen molar-refractivity contribution in [3.63, 3.8) is 0 Å². The van der Waals surface area contributed by atoms with Gasteiger partial charge in [-0.15, -0.1) is 0 Å². The van der Waals surface area contributed by atoms with Crippen molar-refractivity contribution in [1.29, 1.82) is 0 Å². The number of benzene rings is 2. The van der Waals surface area contributed by atoms with E-state index in [0.717, 1.165) is 22.0 Å². The number of hydrogen-bond acceptors (Lipinski definition) is 4. The number of nitrogens with two attached hydrogens (primary N) is 1. The highest BCUT2D eigenvalue weighted by Gasteiger charge is 2.11. The Morgan fingerprint density at radius 3 is 2.11 bits per heavy atom. The molecule has 0 bridgehead atoms. The molecule has 4 heteroatoms. The van der Waals surface area contributed by atoms with Crippen LogP contribution in [-0.2, 0) is 6.54 Å². The predicted octanol–water partition coefficient (Wildman–Crippen LogP) is 1.09. The summed E-state index contributed by atoms with van der Waals surface area (Å²) in [5.74, 6) is 0. The molecule has 0 aliphatic heterocycles. The summed E-state index contributed by atoms with van der Waals surface area (Å²) in [6.45, 7) is 1.64. The van der Waals surface area contributed by atoms with Crippen LogP contribution in [0, 0.1) is 0 Å². The third-order valence-corrected chi connectivity index (χ3v) is 3.29. The lowest BCUT2D eigenvalue weighted by Crippen LogP contribution is -2.29. The van der Waals surface area contributed by atoms with Gasteiger partial charge in [0.25, 0.3) is 0 Å². The molecule has 2 aromatic carbocycles. The number of anilines is 1. The Balaban J connectivity index is 2.53. The first-order valence-electron chi connectivity index (χ1n) is 6.49. The Labute approximate surface area is 113 Å². The van der Waals surface area contributed by atoms with E-state index in [4.69, 9.17) is 15.9 Å². The molecule has 4 nitrogen and oxygen atoms in total. The first kappa shape index (κ1) is 13.8. The highest BCUT2D eigenvalue weighted by Crippen LogP contribution is 2.29. The van der Waals surface area contributed by atoms with Crippen LogP contribution in [0.1, 0.15) is 5.56 Å². The molecule has 0 amide bonds. The van der Waals surface area contributed by atoms with Gasteiger partial charge in [0.15, 0.2) is 0 Å². The molecule has 0 aliphatic carbocycles. The fraction of sp³-hybridized carbons (Fsp3) is 0.333. The zero-order valence-corrected chi connectivity index (χ0v) is 10.9. The lowest BCUT2D eigenvalue weighted by molar-refractivity contribution is 0.281. The van der Waals surface area contributed by atoms with Gasteiger partial charge in [0.05, 0.1) is 13.2 Å². The van der Waals surface area contributed by atoms with Gasteiger partial charge in [0, 0.05) is 30.7 Å². The molecular formula is C15H20N2O2. The minimum absolute atomic E-state index is 0.0625. The average molecular weight is 260 g/mol. The van der Waals surface area contributed by atoms with Crippen LogP contribution < -0.4 is 10.6 Å². The van der Waals surface area contributed by atoms with Gasteiger partial charge < -0.3 is 20.8 Å². The van der Waals surface area contributed by atoms with Crippen molar-refractivity contribution in [2.45, 2.75) is 6.54 Å². The molecule has 0 fully saturated rings. The van der Waals surface area contributed by atoms with Crippen molar-refractivity contribution >= 4 is 16.5 Å². The minimum atomic E-state index is 0.0625. The fourth-order valence-electron chi connectivity index (χ4n) is 2.39. The molecule has 0 spiro atoms. The third kappa shape index (κ3) is 2.87. The second kappa shape index (κ2) is 6.52. The Bertz CT molecular complexity index is 537. The molecule has 0 heterocycles. The van der Waals surface area contributed by atoms with Crippen LogP contribution >= 0.6 is 0 Å². The summed E-state index contributed by atoms with van der Waals surface area (Å²) < 4.78 is 0. The van der Waals surface area contributed by atoms with Crippen molar-refractivity contribution in [3.05, 3.63) is 42.0 Å². The molecule has 4 N–H and O–H groups in total. The number of hydrogen-bond donors (Lipinski definition) is 3. The van der Waals surface area contributed by atoms with Crippen molar-refractivity contribution in [3.8, 4) is 0 Å². The molecule has 0 radical (unpaired) electrons. The molecule has 0 unspecified atom stereocenters. The monoisotopic (exact) mass is 260 g/mol. The highest BCUT2D eigenvalue weighted by atomic mass is 16.3. The van der Waals surface area contributed by atoms with Crippen molar-refractivity contribution < 1.29 is 10.2 Å². The van der Waals surface area contributed by atoms with Gasteiger partial charge in [0.2, 0.25) is 0 Å². The first-order chi connectivity index (χ1) is 9.31. The Hall–Kier alpha value is -1.62. The Morgan fingerprint density at radius 2 is 1.53 bits per heavy atom. The van der Waals surface area contributed by atoms with E-state index in [-0.39, 0.29) is 13.2 Å². The predicted molar refractivity (Wildman–Crippen MR) is 78.2 cm³/mol. The maximum absolute atomic E-state index is 9.15. The van der Waals surface area contributed by atoms with Crippen LogP contribution in [0.5, 0.6) is 0 Å². The van der Waals surface area contributed by atoms with Gasteiger partial charge in [0.1, 0.15) is 0 Å². The highest BCUT2D eigenvalue weighted by molar-refractivity contribution is 5.96. The lowest BCUT2D eigenvalue weighted by atomic mass is 10.0. The van der Waals surface area contributed by atoms with Crippen molar-refractivity contribution in [2.75, 3.05) is 31.2 Å². The molecule has 0 saturated heterocycles. The zero-order valence-electron chi connectivity index (χ0n) is 10.9. The van der Waals surface area contributed by atoms with E-state index >= 15 is 0 Å².